The predicted molar refractivity (Wildman–Crippen MR) is 59.0 cm³/mol. The van der Waals surface area contributed by atoms with Crippen molar-refractivity contribution in [2.75, 3.05) is 5.73 Å². The van der Waals surface area contributed by atoms with E-state index in [1.807, 2.05) is 27.7 Å². The Morgan fingerprint density at radius 1 is 1.50 bits per heavy atom. The molecule has 14 heavy (non-hydrogen) atoms. The second-order valence-corrected chi connectivity index (χ2v) is 5.20. The third-order valence-electron chi connectivity index (χ3n) is 1.84. The molecule has 0 fully saturated rings. The summed E-state index contributed by atoms with van der Waals surface area (Å²) in [5.74, 6) is 0. The van der Waals surface area contributed by atoms with Crippen molar-refractivity contribution in [1.82, 2.24) is 4.98 Å². The van der Waals surface area contributed by atoms with Crippen LogP contribution in [0.15, 0.2) is 5.16 Å². The van der Waals surface area contributed by atoms with Crippen LogP contribution in [0.2, 0.25) is 0 Å². The highest BCUT2D eigenvalue weighted by atomic mass is 32.1. The Morgan fingerprint density at radius 2 is 2.07 bits per heavy atom. The van der Waals surface area contributed by atoms with E-state index in [0.717, 1.165) is 10.6 Å². The zero-order chi connectivity index (χ0) is 10.9. The van der Waals surface area contributed by atoms with Gasteiger partial charge in [-0.25, -0.2) is 4.98 Å². The van der Waals surface area contributed by atoms with Gasteiger partial charge in [-0.3, -0.25) is 0 Å². The molecule has 1 aromatic rings. The van der Waals surface area contributed by atoms with Crippen LogP contribution in [0.3, 0.4) is 0 Å². The van der Waals surface area contributed by atoms with E-state index in [2.05, 4.69) is 10.1 Å². The zero-order valence-electron chi connectivity index (χ0n) is 8.83. The summed E-state index contributed by atoms with van der Waals surface area (Å²) in [5, 5.41) is 12.8. The van der Waals surface area contributed by atoms with Gasteiger partial charge in [-0.15, -0.1) is 0 Å². The van der Waals surface area contributed by atoms with Crippen LogP contribution in [0, 0.1) is 12.3 Å². The van der Waals surface area contributed by atoms with Crippen molar-refractivity contribution in [3.05, 3.63) is 10.6 Å². The van der Waals surface area contributed by atoms with Crippen LogP contribution in [0.5, 0.6) is 0 Å². The monoisotopic (exact) mass is 213 g/mol. The van der Waals surface area contributed by atoms with Crippen molar-refractivity contribution in [2.24, 2.45) is 10.6 Å². The molecule has 0 bridgehead atoms. The normalized spacial score (nSPS) is 13.3. The summed E-state index contributed by atoms with van der Waals surface area (Å²) in [6, 6.07) is 0. The van der Waals surface area contributed by atoms with Crippen molar-refractivity contribution >= 4 is 22.2 Å². The molecule has 0 aliphatic carbocycles. The van der Waals surface area contributed by atoms with Gasteiger partial charge in [0.1, 0.15) is 5.71 Å². The van der Waals surface area contributed by atoms with Gasteiger partial charge in [0.25, 0.3) is 0 Å². The number of hydrogen-bond donors (Lipinski definition) is 2. The first kappa shape index (κ1) is 11.0. The molecule has 0 atom stereocenters. The summed E-state index contributed by atoms with van der Waals surface area (Å²) >= 11 is 1.35. The first-order chi connectivity index (χ1) is 6.36. The maximum absolute atomic E-state index is 8.97. The lowest BCUT2D eigenvalue weighted by Gasteiger charge is -2.18. The average Bonchev–Trinajstić information content (AvgIpc) is 2.29. The average molecular weight is 213 g/mol. The molecular formula is C9H15N3OS. The van der Waals surface area contributed by atoms with Gasteiger partial charge in [0, 0.05) is 5.41 Å². The van der Waals surface area contributed by atoms with E-state index in [1.54, 1.807) is 0 Å². The van der Waals surface area contributed by atoms with Crippen molar-refractivity contribution in [2.45, 2.75) is 27.7 Å². The Balaban J connectivity index is 3.22. The quantitative estimate of drug-likeness (QED) is 0.427. The molecule has 1 aromatic heterocycles. The maximum atomic E-state index is 8.97. The topological polar surface area (TPSA) is 71.5 Å². The number of aromatic nitrogens is 1. The van der Waals surface area contributed by atoms with Crippen molar-refractivity contribution in [3.63, 3.8) is 0 Å². The summed E-state index contributed by atoms with van der Waals surface area (Å²) in [5.41, 5.74) is 6.82. The molecular weight excluding hydrogens is 198 g/mol. The lowest BCUT2D eigenvalue weighted by molar-refractivity contribution is 0.311. The number of nitrogen functional groups attached to an aromatic ring is 1. The molecule has 4 nitrogen and oxygen atoms in total. The molecule has 1 rings (SSSR count). The highest BCUT2D eigenvalue weighted by molar-refractivity contribution is 7.17. The van der Waals surface area contributed by atoms with E-state index in [4.69, 9.17) is 10.9 Å². The van der Waals surface area contributed by atoms with Crippen LogP contribution in [-0.2, 0) is 0 Å². The Kier molecular flexibility index (Phi) is 2.80. The van der Waals surface area contributed by atoms with Crippen LogP contribution in [-0.4, -0.2) is 15.9 Å². The van der Waals surface area contributed by atoms with Gasteiger partial charge in [-0.2, -0.15) is 0 Å². The molecule has 0 radical (unpaired) electrons. The van der Waals surface area contributed by atoms with E-state index in [0.29, 0.717) is 10.8 Å². The van der Waals surface area contributed by atoms with Crippen LogP contribution in [0.1, 0.15) is 31.3 Å². The van der Waals surface area contributed by atoms with Gasteiger partial charge in [-0.1, -0.05) is 37.3 Å². The fourth-order valence-corrected chi connectivity index (χ4v) is 2.20. The van der Waals surface area contributed by atoms with Crippen molar-refractivity contribution in [3.8, 4) is 0 Å². The van der Waals surface area contributed by atoms with E-state index < -0.39 is 0 Å². The molecule has 3 N–H and O–H groups in total. The first-order valence-electron chi connectivity index (χ1n) is 4.32. The number of hydrogen-bond acceptors (Lipinski definition) is 5. The van der Waals surface area contributed by atoms with Gasteiger partial charge in [0.2, 0.25) is 0 Å². The molecule has 1 heterocycles. The van der Waals surface area contributed by atoms with E-state index in [-0.39, 0.29) is 5.41 Å². The fourth-order valence-electron chi connectivity index (χ4n) is 1.17. The van der Waals surface area contributed by atoms with E-state index in [9.17, 15) is 0 Å². The number of anilines is 1. The molecule has 5 heteroatoms. The SMILES string of the molecule is Cc1nc(N)sc1/C(=N/O)C(C)(C)C. The Hall–Kier alpha value is -1.10. The summed E-state index contributed by atoms with van der Waals surface area (Å²) in [7, 11) is 0. The highest BCUT2D eigenvalue weighted by Gasteiger charge is 2.25. The minimum absolute atomic E-state index is 0.210. The van der Waals surface area contributed by atoms with Gasteiger partial charge in [-0.05, 0) is 6.92 Å². The van der Waals surface area contributed by atoms with Crippen molar-refractivity contribution in [1.29, 1.82) is 0 Å². The van der Waals surface area contributed by atoms with Crippen LogP contribution in [0.4, 0.5) is 5.13 Å². The number of nitrogens with two attached hydrogens (primary N) is 1. The lowest BCUT2D eigenvalue weighted by Crippen LogP contribution is -2.21. The summed E-state index contributed by atoms with van der Waals surface area (Å²) in [4.78, 5) is 4.96. The second kappa shape index (κ2) is 3.57. The standard InChI is InChI=1S/C9H15N3OS/c1-5-6(14-8(10)11-5)7(12-13)9(2,3)4/h13H,1-4H3,(H2,10,11)/b12-7-. The Morgan fingerprint density at radius 3 is 2.36 bits per heavy atom. The molecule has 0 saturated heterocycles. The number of oxime groups is 1. The van der Waals surface area contributed by atoms with E-state index in [1.165, 1.54) is 11.3 Å². The van der Waals surface area contributed by atoms with Gasteiger partial charge >= 0.3 is 0 Å². The highest BCUT2D eigenvalue weighted by Crippen LogP contribution is 2.29. The second-order valence-electron chi connectivity index (χ2n) is 4.17. The number of thiazole rings is 1. The molecule has 0 aliphatic heterocycles. The van der Waals surface area contributed by atoms with Crippen LogP contribution in [0.25, 0.3) is 0 Å². The Labute approximate surface area is 87.5 Å². The number of rotatable bonds is 1. The molecule has 0 aromatic carbocycles. The molecule has 0 spiro atoms. The third kappa shape index (κ3) is 2.04. The molecule has 78 valence electrons. The summed E-state index contributed by atoms with van der Waals surface area (Å²) in [6.07, 6.45) is 0. The molecule has 0 aliphatic rings. The number of nitrogens with zero attached hydrogens (tertiary/aromatic N) is 2. The van der Waals surface area contributed by atoms with Gasteiger partial charge in [0.05, 0.1) is 10.6 Å². The predicted octanol–water partition coefficient (Wildman–Crippen LogP) is 2.26. The summed E-state index contributed by atoms with van der Waals surface area (Å²) in [6.45, 7) is 7.81. The van der Waals surface area contributed by atoms with Gasteiger partial charge < -0.3 is 10.9 Å². The minimum Gasteiger partial charge on any atom is -0.411 e. The fraction of sp³-hybridized carbons (Fsp3) is 0.556. The van der Waals surface area contributed by atoms with Gasteiger partial charge in [0.15, 0.2) is 5.13 Å². The van der Waals surface area contributed by atoms with E-state index >= 15 is 0 Å². The molecule has 0 unspecified atom stereocenters. The summed E-state index contributed by atoms with van der Waals surface area (Å²) < 4.78 is 0. The Bertz CT molecular complexity index is 363. The minimum atomic E-state index is -0.210. The largest absolute Gasteiger partial charge is 0.411 e. The van der Waals surface area contributed by atoms with Crippen LogP contribution >= 0.6 is 11.3 Å². The zero-order valence-corrected chi connectivity index (χ0v) is 9.64. The lowest BCUT2D eigenvalue weighted by atomic mass is 9.89. The van der Waals surface area contributed by atoms with Crippen LogP contribution < -0.4 is 5.73 Å². The first-order valence-corrected chi connectivity index (χ1v) is 5.13. The molecule has 0 amide bonds. The van der Waals surface area contributed by atoms with Crippen molar-refractivity contribution < 1.29 is 5.21 Å². The number of aryl methyl sites for hydroxylation is 1. The third-order valence-corrected chi connectivity index (χ3v) is 2.83. The smallest absolute Gasteiger partial charge is 0.180 e. The maximum Gasteiger partial charge on any atom is 0.180 e. The molecule has 0 saturated carbocycles.